The van der Waals surface area contributed by atoms with Crippen LogP contribution in [-0.4, -0.2) is 47.4 Å². The third kappa shape index (κ3) is 65.5. The summed E-state index contributed by atoms with van der Waals surface area (Å²) in [6.07, 6.45) is 88.6. The molecule has 0 fully saturated rings. The monoisotopic (exact) mass is 1130 g/mol. The Morgan fingerprint density at radius 1 is 0.338 bits per heavy atom. The van der Waals surface area contributed by atoms with E-state index in [1.54, 1.807) is 6.08 Å². The van der Waals surface area contributed by atoms with Crippen LogP contribution in [0.15, 0.2) is 24.3 Å². The van der Waals surface area contributed by atoms with Gasteiger partial charge in [-0.15, -0.1) is 0 Å². The van der Waals surface area contributed by atoms with E-state index in [2.05, 4.69) is 31.3 Å². The first-order valence-corrected chi connectivity index (χ1v) is 36.6. The molecule has 0 bridgehead atoms. The number of aliphatic hydroxyl groups is 2. The lowest BCUT2D eigenvalue weighted by atomic mass is 10.0. The Labute approximate surface area is 501 Å². The second kappa shape index (κ2) is 69.8. The van der Waals surface area contributed by atoms with Crippen molar-refractivity contribution in [3.63, 3.8) is 0 Å². The largest absolute Gasteiger partial charge is 0.466 e. The Hall–Kier alpha value is -1.66. The molecule has 0 aromatic carbocycles. The van der Waals surface area contributed by atoms with Gasteiger partial charge < -0.3 is 20.3 Å². The second-order valence-corrected chi connectivity index (χ2v) is 25.3. The van der Waals surface area contributed by atoms with E-state index in [0.717, 1.165) is 44.9 Å². The molecule has 0 rings (SSSR count). The van der Waals surface area contributed by atoms with Crippen LogP contribution in [0.25, 0.3) is 0 Å². The average molecular weight is 1130 g/mol. The van der Waals surface area contributed by atoms with E-state index < -0.39 is 12.1 Å². The highest BCUT2D eigenvalue weighted by Gasteiger charge is 2.18. The summed E-state index contributed by atoms with van der Waals surface area (Å²) in [5.41, 5.74) is 0. The van der Waals surface area contributed by atoms with Crippen molar-refractivity contribution in [1.82, 2.24) is 5.32 Å². The quantitative estimate of drug-likeness (QED) is 0.0320. The zero-order valence-electron chi connectivity index (χ0n) is 54.3. The fourth-order valence-corrected chi connectivity index (χ4v) is 11.6. The van der Waals surface area contributed by atoms with E-state index in [4.69, 9.17) is 4.74 Å². The van der Waals surface area contributed by atoms with Crippen molar-refractivity contribution >= 4 is 11.9 Å². The van der Waals surface area contributed by atoms with Gasteiger partial charge in [0.25, 0.3) is 0 Å². The Balaban J connectivity index is 3.33. The first kappa shape index (κ1) is 78.3. The van der Waals surface area contributed by atoms with Crippen molar-refractivity contribution < 1.29 is 24.5 Å². The van der Waals surface area contributed by atoms with Crippen LogP contribution < -0.4 is 5.32 Å². The van der Waals surface area contributed by atoms with Crippen LogP contribution in [0.4, 0.5) is 0 Å². The van der Waals surface area contributed by atoms with E-state index >= 15 is 0 Å². The van der Waals surface area contributed by atoms with Crippen LogP contribution in [0, 0.1) is 0 Å². The van der Waals surface area contributed by atoms with Crippen LogP contribution in [-0.2, 0) is 14.3 Å². The molecule has 0 aliphatic carbocycles. The van der Waals surface area contributed by atoms with Gasteiger partial charge in [-0.25, -0.2) is 0 Å². The minimum atomic E-state index is -0.840. The van der Waals surface area contributed by atoms with Crippen molar-refractivity contribution in [2.45, 2.75) is 424 Å². The van der Waals surface area contributed by atoms with Crippen molar-refractivity contribution in [3.05, 3.63) is 24.3 Å². The van der Waals surface area contributed by atoms with Gasteiger partial charge in [0, 0.05) is 12.8 Å². The summed E-state index contributed by atoms with van der Waals surface area (Å²) in [6.45, 7) is 4.90. The minimum absolute atomic E-state index is 0.0117. The molecule has 0 aliphatic rings. The number of carbonyl (C=O) groups is 2. The highest BCUT2D eigenvalue weighted by Crippen LogP contribution is 2.19. The molecule has 0 heterocycles. The molecule has 0 aromatic rings. The van der Waals surface area contributed by atoms with Gasteiger partial charge in [0.15, 0.2) is 0 Å². The molecule has 474 valence electrons. The number of hydrogen-bond donors (Lipinski definition) is 3. The summed E-state index contributed by atoms with van der Waals surface area (Å²) in [7, 11) is 0. The number of allylic oxidation sites excluding steroid dienone is 3. The van der Waals surface area contributed by atoms with Gasteiger partial charge >= 0.3 is 5.97 Å². The molecule has 6 heteroatoms. The fraction of sp³-hybridized carbons (Fsp3) is 0.919. The van der Waals surface area contributed by atoms with Crippen LogP contribution in [0.2, 0.25) is 0 Å². The molecular weight excluding hydrogens is 983 g/mol. The molecule has 0 radical (unpaired) electrons. The number of aliphatic hydroxyl groups excluding tert-OH is 2. The summed E-state index contributed by atoms with van der Waals surface area (Å²) < 4.78 is 5.47. The number of ether oxygens (including phenoxy) is 1. The summed E-state index contributed by atoms with van der Waals surface area (Å²) >= 11 is 0. The maximum atomic E-state index is 12.5. The van der Waals surface area contributed by atoms with Gasteiger partial charge in [0.05, 0.1) is 25.4 Å². The predicted octanol–water partition coefficient (Wildman–Crippen LogP) is 23.7. The number of rotatable bonds is 69. The first-order valence-electron chi connectivity index (χ1n) is 36.6. The molecule has 3 N–H and O–H groups in total. The van der Waals surface area contributed by atoms with Crippen LogP contribution >= 0.6 is 0 Å². The zero-order chi connectivity index (χ0) is 57.8. The number of carbonyl (C=O) groups excluding carboxylic acids is 2. The number of nitrogens with one attached hydrogen (secondary N) is 1. The Kier molecular flexibility index (Phi) is 68.4. The summed E-state index contributed by atoms with van der Waals surface area (Å²) in [4.78, 5) is 24.5. The van der Waals surface area contributed by atoms with Gasteiger partial charge in [0.2, 0.25) is 5.91 Å². The van der Waals surface area contributed by atoms with Gasteiger partial charge in [-0.2, -0.15) is 0 Å². The smallest absolute Gasteiger partial charge is 0.305 e. The number of hydrogen-bond acceptors (Lipinski definition) is 5. The second-order valence-electron chi connectivity index (χ2n) is 25.3. The lowest BCUT2D eigenvalue weighted by Gasteiger charge is -2.20. The third-order valence-electron chi connectivity index (χ3n) is 17.2. The zero-order valence-corrected chi connectivity index (χ0v) is 54.3. The van der Waals surface area contributed by atoms with Crippen LogP contribution in [0.3, 0.4) is 0 Å². The normalized spacial score (nSPS) is 12.6. The predicted molar refractivity (Wildman–Crippen MR) is 352 cm³/mol. The molecule has 2 unspecified atom stereocenters. The fourth-order valence-electron chi connectivity index (χ4n) is 11.6. The third-order valence-corrected chi connectivity index (χ3v) is 17.2. The van der Waals surface area contributed by atoms with Crippen molar-refractivity contribution in [3.8, 4) is 0 Å². The number of amides is 1. The van der Waals surface area contributed by atoms with Crippen molar-refractivity contribution in [2.75, 3.05) is 13.2 Å². The maximum absolute atomic E-state index is 12.5. The summed E-state index contributed by atoms with van der Waals surface area (Å²) in [5, 5.41) is 23.2. The van der Waals surface area contributed by atoms with Gasteiger partial charge in [-0.3, -0.25) is 9.59 Å². The molecule has 0 saturated heterocycles. The molecule has 0 spiro atoms. The van der Waals surface area contributed by atoms with Crippen LogP contribution in [0.5, 0.6) is 0 Å². The average Bonchev–Trinajstić information content (AvgIpc) is 3.46. The minimum Gasteiger partial charge on any atom is -0.466 e. The van der Waals surface area contributed by atoms with Crippen molar-refractivity contribution in [1.29, 1.82) is 0 Å². The first-order chi connectivity index (χ1) is 39.5. The molecule has 2 atom stereocenters. The van der Waals surface area contributed by atoms with E-state index in [0.29, 0.717) is 19.4 Å². The van der Waals surface area contributed by atoms with E-state index in [1.807, 2.05) is 6.08 Å². The Morgan fingerprint density at radius 2 is 0.600 bits per heavy atom. The highest BCUT2D eigenvalue weighted by atomic mass is 16.5. The molecule has 6 nitrogen and oxygen atoms in total. The molecule has 1 amide bonds. The molecule has 0 aliphatic heterocycles. The number of esters is 1. The Morgan fingerprint density at radius 3 is 0.925 bits per heavy atom. The van der Waals surface area contributed by atoms with E-state index in [-0.39, 0.29) is 18.5 Å². The standard InChI is InChI=1S/C74H143NO5/c1-3-5-7-9-11-13-15-16-17-37-40-43-47-50-54-58-62-66-72(77)71(70-76)75-73(78)67-63-59-55-51-48-44-41-38-35-33-31-29-27-25-23-21-19-18-20-22-24-26-28-30-32-34-36-39-42-45-49-53-57-61-65-69-80-74(79)68-64-60-56-52-46-14-12-10-8-6-4-2/h10,12,62,66,71-72,76-77H,3-9,11,13-61,63-65,67-70H2,1-2H3,(H,75,78)/b12-10-,66-62+. The molecule has 0 aromatic heterocycles. The highest BCUT2D eigenvalue weighted by molar-refractivity contribution is 5.76. The van der Waals surface area contributed by atoms with E-state index in [9.17, 15) is 19.8 Å². The van der Waals surface area contributed by atoms with Crippen molar-refractivity contribution in [2.24, 2.45) is 0 Å². The maximum Gasteiger partial charge on any atom is 0.305 e. The number of unbranched alkanes of at least 4 members (excludes halogenated alkanes) is 56. The molecule has 0 saturated carbocycles. The van der Waals surface area contributed by atoms with E-state index in [1.165, 1.54) is 340 Å². The summed E-state index contributed by atoms with van der Waals surface area (Å²) in [5.74, 6) is -0.0475. The lowest BCUT2D eigenvalue weighted by Crippen LogP contribution is -2.45. The Bertz CT molecular complexity index is 1250. The van der Waals surface area contributed by atoms with Crippen LogP contribution in [0.1, 0.15) is 412 Å². The van der Waals surface area contributed by atoms with Gasteiger partial charge in [0.1, 0.15) is 0 Å². The topological polar surface area (TPSA) is 95.9 Å². The molecule has 80 heavy (non-hydrogen) atoms. The SMILES string of the molecule is CCCC/C=C\CCCCCCCC(=O)OCCCCCCCCCCCCCCCCCCCCCCCCCCCCCCCCCCCCCC(=O)NC(CO)C(O)/C=C/CCCCCCCCCCCCCCCCC. The van der Waals surface area contributed by atoms with Gasteiger partial charge in [-0.1, -0.05) is 372 Å². The lowest BCUT2D eigenvalue weighted by molar-refractivity contribution is -0.143. The molecular formula is C74H143NO5. The van der Waals surface area contributed by atoms with Gasteiger partial charge in [-0.05, 0) is 51.4 Å². The summed E-state index contributed by atoms with van der Waals surface area (Å²) in [6, 6.07) is -0.623.